The van der Waals surface area contributed by atoms with Crippen LogP contribution < -0.4 is 0 Å². The quantitative estimate of drug-likeness (QED) is 0.700. The summed E-state index contributed by atoms with van der Waals surface area (Å²) in [5.41, 5.74) is 0. The summed E-state index contributed by atoms with van der Waals surface area (Å²) in [6.07, 6.45) is -5.07. The second-order valence-corrected chi connectivity index (χ2v) is 3.26. The first kappa shape index (κ1) is 15.8. The van der Waals surface area contributed by atoms with Gasteiger partial charge in [-0.2, -0.15) is 8.78 Å². The van der Waals surface area contributed by atoms with Gasteiger partial charge in [-0.3, -0.25) is 0 Å². The number of nitrogens with zero attached hydrogens (tertiary/aromatic N) is 1. The standard InChI is InChI=1S/C10H17F2NO4/c1-3-13(4-2)10(16)17-8(9(11)12)5-7(15)6-14/h7,14-15H,3-6H2,1-2H3/t7-/m0/s1. The molecule has 1 atom stereocenters. The summed E-state index contributed by atoms with van der Waals surface area (Å²) in [7, 11) is 0. The molecular formula is C10H17F2NO4. The predicted molar refractivity (Wildman–Crippen MR) is 56.4 cm³/mol. The summed E-state index contributed by atoms with van der Waals surface area (Å²) >= 11 is 0. The van der Waals surface area contributed by atoms with Gasteiger partial charge in [-0.25, -0.2) is 4.79 Å². The summed E-state index contributed by atoms with van der Waals surface area (Å²) in [6, 6.07) is 0. The largest absolute Gasteiger partial charge is 0.415 e. The van der Waals surface area contributed by atoms with Crippen LogP contribution in [-0.2, 0) is 4.74 Å². The lowest BCUT2D eigenvalue weighted by molar-refractivity contribution is 0.0720. The SMILES string of the molecule is CCN(CC)C(=O)OC(C[C@H](O)CO)=C(F)F. The van der Waals surface area contributed by atoms with Crippen LogP contribution in [0.5, 0.6) is 0 Å². The number of hydrogen-bond acceptors (Lipinski definition) is 4. The van der Waals surface area contributed by atoms with Crippen molar-refractivity contribution in [3.05, 3.63) is 11.8 Å². The Morgan fingerprint density at radius 3 is 2.24 bits per heavy atom. The lowest BCUT2D eigenvalue weighted by Crippen LogP contribution is -2.31. The van der Waals surface area contributed by atoms with Gasteiger partial charge in [0.05, 0.1) is 12.7 Å². The van der Waals surface area contributed by atoms with E-state index in [0.717, 1.165) is 0 Å². The van der Waals surface area contributed by atoms with Crippen LogP contribution in [0.25, 0.3) is 0 Å². The Morgan fingerprint density at radius 1 is 1.35 bits per heavy atom. The van der Waals surface area contributed by atoms with Crippen molar-refractivity contribution in [1.29, 1.82) is 0 Å². The fraction of sp³-hybridized carbons (Fsp3) is 0.700. The molecule has 2 N–H and O–H groups in total. The maximum absolute atomic E-state index is 12.4. The smallest absolute Gasteiger partial charge is 0.409 e. The highest BCUT2D eigenvalue weighted by Crippen LogP contribution is 2.17. The monoisotopic (exact) mass is 253 g/mol. The number of amides is 1. The zero-order chi connectivity index (χ0) is 13.4. The highest BCUT2D eigenvalue weighted by molar-refractivity contribution is 5.68. The summed E-state index contributed by atoms with van der Waals surface area (Å²) in [5, 5.41) is 17.6. The van der Waals surface area contributed by atoms with Gasteiger partial charge < -0.3 is 19.8 Å². The van der Waals surface area contributed by atoms with E-state index in [1.807, 2.05) is 0 Å². The molecule has 0 fully saturated rings. The molecule has 0 aliphatic carbocycles. The van der Waals surface area contributed by atoms with Crippen LogP contribution in [0, 0.1) is 0 Å². The Hall–Kier alpha value is -1.21. The third-order valence-corrected chi connectivity index (χ3v) is 2.07. The second-order valence-electron chi connectivity index (χ2n) is 3.26. The molecule has 17 heavy (non-hydrogen) atoms. The first-order valence-corrected chi connectivity index (χ1v) is 5.26. The van der Waals surface area contributed by atoms with Gasteiger partial charge in [0.15, 0.2) is 5.76 Å². The molecule has 0 bridgehead atoms. The average molecular weight is 253 g/mol. The first-order valence-electron chi connectivity index (χ1n) is 5.26. The fourth-order valence-corrected chi connectivity index (χ4v) is 1.09. The molecule has 5 nitrogen and oxygen atoms in total. The van der Waals surface area contributed by atoms with E-state index >= 15 is 0 Å². The number of rotatable bonds is 6. The van der Waals surface area contributed by atoms with Crippen LogP contribution in [-0.4, -0.2) is 47.0 Å². The maximum atomic E-state index is 12.4. The number of aliphatic hydroxyl groups excluding tert-OH is 2. The molecule has 0 aromatic rings. The van der Waals surface area contributed by atoms with E-state index in [4.69, 9.17) is 10.2 Å². The third kappa shape index (κ3) is 5.60. The third-order valence-electron chi connectivity index (χ3n) is 2.07. The molecule has 7 heteroatoms. The summed E-state index contributed by atoms with van der Waals surface area (Å²) in [6.45, 7) is 3.35. The minimum Gasteiger partial charge on any atom is -0.409 e. The number of carbonyl (C=O) groups is 1. The molecule has 0 aromatic heterocycles. The van der Waals surface area contributed by atoms with E-state index in [9.17, 15) is 13.6 Å². The van der Waals surface area contributed by atoms with Crippen molar-refractivity contribution in [3.8, 4) is 0 Å². The molecule has 0 saturated carbocycles. The lowest BCUT2D eigenvalue weighted by atomic mass is 10.2. The molecule has 0 rings (SSSR count). The lowest BCUT2D eigenvalue weighted by Gasteiger charge is -2.19. The second kappa shape index (κ2) is 7.97. The normalized spacial score (nSPS) is 11.9. The van der Waals surface area contributed by atoms with Gasteiger partial charge in [0.25, 0.3) is 0 Å². The van der Waals surface area contributed by atoms with Crippen molar-refractivity contribution in [2.45, 2.75) is 26.4 Å². The van der Waals surface area contributed by atoms with Crippen molar-refractivity contribution >= 4 is 6.09 Å². The van der Waals surface area contributed by atoms with Crippen molar-refractivity contribution in [2.75, 3.05) is 19.7 Å². The van der Waals surface area contributed by atoms with Crippen molar-refractivity contribution in [2.24, 2.45) is 0 Å². The van der Waals surface area contributed by atoms with E-state index in [1.54, 1.807) is 13.8 Å². The predicted octanol–water partition coefficient (Wildman–Crippen LogP) is 1.32. The van der Waals surface area contributed by atoms with Crippen molar-refractivity contribution in [1.82, 2.24) is 4.90 Å². The van der Waals surface area contributed by atoms with Gasteiger partial charge in [-0.05, 0) is 13.8 Å². The highest BCUT2D eigenvalue weighted by atomic mass is 19.3. The Labute approximate surface area is 98.3 Å². The first-order chi connectivity index (χ1) is 7.96. The average Bonchev–Trinajstić information content (AvgIpc) is 2.29. The molecular weight excluding hydrogens is 236 g/mol. The van der Waals surface area contributed by atoms with Crippen LogP contribution >= 0.6 is 0 Å². The zero-order valence-corrected chi connectivity index (χ0v) is 9.82. The highest BCUT2D eigenvalue weighted by Gasteiger charge is 2.20. The maximum Gasteiger partial charge on any atom is 0.415 e. The Morgan fingerprint density at radius 2 is 1.88 bits per heavy atom. The number of halogens is 2. The minimum absolute atomic E-state index is 0.332. The van der Waals surface area contributed by atoms with E-state index < -0.39 is 37.1 Å². The molecule has 0 unspecified atom stereocenters. The number of hydrogen-bond donors (Lipinski definition) is 2. The number of ether oxygens (including phenoxy) is 1. The molecule has 0 aliphatic heterocycles. The van der Waals surface area contributed by atoms with Crippen LogP contribution in [0.15, 0.2) is 11.8 Å². The van der Waals surface area contributed by atoms with E-state index in [2.05, 4.69) is 4.74 Å². The summed E-state index contributed by atoms with van der Waals surface area (Å²) in [4.78, 5) is 12.6. The molecule has 0 spiro atoms. The molecule has 0 aliphatic rings. The van der Waals surface area contributed by atoms with Crippen LogP contribution in [0.3, 0.4) is 0 Å². The number of carbonyl (C=O) groups excluding carboxylic acids is 1. The summed E-state index contributed by atoms with van der Waals surface area (Å²) < 4.78 is 29.3. The van der Waals surface area contributed by atoms with Crippen molar-refractivity contribution in [3.63, 3.8) is 0 Å². The van der Waals surface area contributed by atoms with Gasteiger partial charge >= 0.3 is 12.2 Å². The Balaban J connectivity index is 4.57. The topological polar surface area (TPSA) is 70.0 Å². The Bertz CT molecular complexity index is 275. The molecule has 0 saturated heterocycles. The van der Waals surface area contributed by atoms with Gasteiger partial charge in [0, 0.05) is 19.5 Å². The van der Waals surface area contributed by atoms with E-state index in [1.165, 1.54) is 4.90 Å². The minimum atomic E-state index is -2.18. The number of aliphatic hydroxyl groups is 2. The van der Waals surface area contributed by atoms with Crippen molar-refractivity contribution < 1.29 is 28.5 Å². The van der Waals surface area contributed by atoms with Gasteiger partial charge in [0.1, 0.15) is 0 Å². The summed E-state index contributed by atoms with van der Waals surface area (Å²) in [5.74, 6) is -0.913. The molecule has 1 amide bonds. The molecule has 0 heterocycles. The Kier molecular flexibility index (Phi) is 7.40. The van der Waals surface area contributed by atoms with E-state index in [0.29, 0.717) is 13.1 Å². The fourth-order valence-electron chi connectivity index (χ4n) is 1.09. The zero-order valence-electron chi connectivity index (χ0n) is 9.82. The van der Waals surface area contributed by atoms with Gasteiger partial charge in [-0.1, -0.05) is 0 Å². The molecule has 0 aromatic carbocycles. The van der Waals surface area contributed by atoms with E-state index in [-0.39, 0.29) is 0 Å². The molecule has 0 radical (unpaired) electrons. The van der Waals surface area contributed by atoms with Crippen LogP contribution in [0.4, 0.5) is 13.6 Å². The molecule has 100 valence electrons. The van der Waals surface area contributed by atoms with Crippen LogP contribution in [0.1, 0.15) is 20.3 Å². The van der Waals surface area contributed by atoms with Gasteiger partial charge in [0.2, 0.25) is 0 Å². The van der Waals surface area contributed by atoms with Crippen LogP contribution in [0.2, 0.25) is 0 Å². The van der Waals surface area contributed by atoms with Gasteiger partial charge in [-0.15, -0.1) is 0 Å².